The molecule has 3 rings (SSSR count). The largest absolute Gasteiger partial charge is 0.339 e. The molecule has 0 saturated heterocycles. The lowest BCUT2D eigenvalue weighted by atomic mass is 10.2. The number of hydrogen-bond donors (Lipinski definition) is 1. The van der Waals surface area contributed by atoms with E-state index in [2.05, 4.69) is 5.32 Å². The second kappa shape index (κ2) is 5.23. The molecule has 21 heavy (non-hydrogen) atoms. The van der Waals surface area contributed by atoms with E-state index >= 15 is 0 Å². The van der Waals surface area contributed by atoms with Gasteiger partial charge >= 0.3 is 0 Å². The summed E-state index contributed by atoms with van der Waals surface area (Å²) in [5, 5.41) is 11.9. The van der Waals surface area contributed by atoms with Crippen LogP contribution in [0.1, 0.15) is 28.2 Å². The first-order chi connectivity index (χ1) is 10.1. The molecule has 1 aliphatic rings. The molecule has 1 aromatic carbocycles. The van der Waals surface area contributed by atoms with Crippen molar-refractivity contribution >= 4 is 23.2 Å². The van der Waals surface area contributed by atoms with Gasteiger partial charge in [0.15, 0.2) is 0 Å². The highest BCUT2D eigenvalue weighted by Gasteiger charge is 2.23. The third-order valence-corrected chi connectivity index (χ3v) is 3.80. The highest BCUT2D eigenvalue weighted by atomic mass is 35.5. The summed E-state index contributed by atoms with van der Waals surface area (Å²) in [6.45, 7) is 0.762. The summed E-state index contributed by atoms with van der Waals surface area (Å²) in [5.41, 5.74) is 1.70. The van der Waals surface area contributed by atoms with Crippen molar-refractivity contribution in [2.45, 2.75) is 19.4 Å². The van der Waals surface area contributed by atoms with E-state index in [4.69, 9.17) is 16.9 Å². The van der Waals surface area contributed by atoms with Gasteiger partial charge in [-0.15, -0.1) is 0 Å². The Morgan fingerprint density at radius 3 is 3.00 bits per heavy atom. The second-order valence-corrected chi connectivity index (χ2v) is 5.26. The second-order valence-electron chi connectivity index (χ2n) is 4.85. The molecule has 0 saturated carbocycles. The molecule has 0 radical (unpaired) electrons. The maximum atomic E-state index is 13.3. The smallest absolute Gasteiger partial charge is 0.273 e. The van der Waals surface area contributed by atoms with E-state index in [-0.39, 0.29) is 11.5 Å². The van der Waals surface area contributed by atoms with Crippen LogP contribution in [0.25, 0.3) is 0 Å². The van der Waals surface area contributed by atoms with Crippen LogP contribution in [0.4, 0.5) is 10.1 Å². The van der Waals surface area contributed by atoms with Crippen molar-refractivity contribution in [3.05, 3.63) is 52.1 Å². The Morgan fingerprint density at radius 2 is 2.24 bits per heavy atom. The molecule has 1 N–H and O–H groups in total. The van der Waals surface area contributed by atoms with Gasteiger partial charge in [-0.2, -0.15) is 5.26 Å². The van der Waals surface area contributed by atoms with Crippen LogP contribution in [-0.2, 0) is 13.0 Å². The molecule has 0 unspecified atom stereocenters. The molecule has 0 atom stereocenters. The number of fused-ring (bicyclic) bond motifs is 1. The van der Waals surface area contributed by atoms with Crippen LogP contribution in [0.3, 0.4) is 0 Å². The number of benzene rings is 1. The Morgan fingerprint density at radius 1 is 1.43 bits per heavy atom. The molecule has 0 spiro atoms. The maximum Gasteiger partial charge on any atom is 0.273 e. The number of nitrogens with zero attached hydrogens (tertiary/aromatic N) is 2. The van der Waals surface area contributed by atoms with E-state index in [0.29, 0.717) is 16.4 Å². The summed E-state index contributed by atoms with van der Waals surface area (Å²) in [6, 6.07) is 7.40. The predicted molar refractivity (Wildman–Crippen MR) is 76.8 cm³/mol. The number of nitrogens with one attached hydrogen (secondary N) is 1. The van der Waals surface area contributed by atoms with Gasteiger partial charge in [-0.1, -0.05) is 11.6 Å². The Balaban J connectivity index is 1.89. The average molecular weight is 304 g/mol. The molecule has 4 nitrogen and oxygen atoms in total. The number of amides is 1. The molecule has 106 valence electrons. The van der Waals surface area contributed by atoms with E-state index in [9.17, 15) is 9.18 Å². The van der Waals surface area contributed by atoms with E-state index in [1.165, 1.54) is 12.1 Å². The summed E-state index contributed by atoms with van der Waals surface area (Å²) >= 11 is 6.11. The zero-order valence-corrected chi connectivity index (χ0v) is 11.7. The summed E-state index contributed by atoms with van der Waals surface area (Å²) in [6.07, 6.45) is 1.89. The molecule has 2 heterocycles. The van der Waals surface area contributed by atoms with Crippen molar-refractivity contribution in [1.82, 2.24) is 4.57 Å². The highest BCUT2D eigenvalue weighted by Crippen LogP contribution is 2.28. The van der Waals surface area contributed by atoms with Gasteiger partial charge in [0.25, 0.3) is 5.91 Å². The van der Waals surface area contributed by atoms with Crippen LogP contribution in [0, 0.1) is 17.1 Å². The zero-order valence-electron chi connectivity index (χ0n) is 11.0. The standard InChI is InChI=1S/C15H11ClFN3O/c16-12-7-11-2-1-5-20(11)14(12)15(21)19-10-3-4-13(17)9(6-10)8-18/h3-4,6-7H,1-2,5H2,(H,19,21). The van der Waals surface area contributed by atoms with Gasteiger partial charge in [-0.25, -0.2) is 4.39 Å². The van der Waals surface area contributed by atoms with Crippen molar-refractivity contribution in [2.75, 3.05) is 5.32 Å². The molecular formula is C15H11ClFN3O. The first-order valence-corrected chi connectivity index (χ1v) is 6.87. The lowest BCUT2D eigenvalue weighted by molar-refractivity contribution is 0.101. The average Bonchev–Trinajstić information content (AvgIpc) is 3.00. The number of hydrogen-bond acceptors (Lipinski definition) is 2. The van der Waals surface area contributed by atoms with Crippen molar-refractivity contribution < 1.29 is 9.18 Å². The fraction of sp³-hybridized carbons (Fsp3) is 0.200. The third-order valence-electron chi connectivity index (χ3n) is 3.51. The van der Waals surface area contributed by atoms with Gasteiger partial charge in [-0.3, -0.25) is 4.79 Å². The highest BCUT2D eigenvalue weighted by molar-refractivity contribution is 6.34. The molecule has 6 heteroatoms. The first-order valence-electron chi connectivity index (χ1n) is 6.49. The van der Waals surface area contributed by atoms with E-state index in [0.717, 1.165) is 31.1 Å². The summed E-state index contributed by atoms with van der Waals surface area (Å²) in [7, 11) is 0. The summed E-state index contributed by atoms with van der Waals surface area (Å²) in [5.74, 6) is -0.972. The van der Waals surface area contributed by atoms with Crippen LogP contribution in [0.2, 0.25) is 5.02 Å². The number of rotatable bonds is 2. The lowest BCUT2D eigenvalue weighted by Crippen LogP contribution is -2.17. The van der Waals surface area contributed by atoms with Crippen LogP contribution in [-0.4, -0.2) is 10.5 Å². The van der Waals surface area contributed by atoms with Gasteiger partial charge < -0.3 is 9.88 Å². The molecule has 2 aromatic rings. The van der Waals surface area contributed by atoms with Crippen molar-refractivity contribution in [1.29, 1.82) is 5.26 Å². The van der Waals surface area contributed by atoms with Crippen molar-refractivity contribution in [3.63, 3.8) is 0 Å². The van der Waals surface area contributed by atoms with Crippen molar-refractivity contribution in [3.8, 4) is 6.07 Å². The quantitative estimate of drug-likeness (QED) is 0.925. The first kappa shape index (κ1) is 13.7. The molecular weight excluding hydrogens is 293 g/mol. The summed E-state index contributed by atoms with van der Waals surface area (Å²) in [4.78, 5) is 12.3. The zero-order chi connectivity index (χ0) is 15.0. The minimum atomic E-state index is -0.614. The van der Waals surface area contributed by atoms with Crippen LogP contribution < -0.4 is 5.32 Å². The monoisotopic (exact) mass is 303 g/mol. The van der Waals surface area contributed by atoms with E-state index in [1.54, 1.807) is 12.1 Å². The fourth-order valence-corrected chi connectivity index (χ4v) is 2.87. The minimum absolute atomic E-state index is 0.112. The number of halogens is 2. The Kier molecular flexibility index (Phi) is 3.40. The number of carbonyl (C=O) groups excluding carboxylic acids is 1. The van der Waals surface area contributed by atoms with Gasteiger partial charge in [0.1, 0.15) is 17.6 Å². The fourth-order valence-electron chi connectivity index (χ4n) is 2.56. The Labute approximate surface area is 125 Å². The topological polar surface area (TPSA) is 57.8 Å². The maximum absolute atomic E-state index is 13.3. The predicted octanol–water partition coefficient (Wildman–Crippen LogP) is 3.35. The lowest BCUT2D eigenvalue weighted by Gasteiger charge is -2.09. The number of anilines is 1. The number of carbonyl (C=O) groups is 1. The third kappa shape index (κ3) is 2.39. The van der Waals surface area contributed by atoms with E-state index < -0.39 is 5.82 Å². The Hall–Kier alpha value is -2.32. The number of aromatic nitrogens is 1. The van der Waals surface area contributed by atoms with Gasteiger partial charge in [0.05, 0.1) is 10.6 Å². The van der Waals surface area contributed by atoms with Crippen molar-refractivity contribution in [2.24, 2.45) is 0 Å². The van der Waals surface area contributed by atoms with Crippen LogP contribution in [0.15, 0.2) is 24.3 Å². The number of nitriles is 1. The Bertz CT molecular complexity index is 776. The molecule has 0 bridgehead atoms. The van der Waals surface area contributed by atoms with Gasteiger partial charge in [0.2, 0.25) is 0 Å². The molecule has 1 amide bonds. The van der Waals surface area contributed by atoms with Crippen LogP contribution in [0.5, 0.6) is 0 Å². The van der Waals surface area contributed by atoms with Gasteiger partial charge in [0, 0.05) is 17.9 Å². The summed E-state index contributed by atoms with van der Waals surface area (Å²) < 4.78 is 15.2. The van der Waals surface area contributed by atoms with E-state index in [1.807, 2.05) is 4.57 Å². The van der Waals surface area contributed by atoms with Crippen LogP contribution >= 0.6 is 11.6 Å². The SMILES string of the molecule is N#Cc1cc(NC(=O)c2c(Cl)cc3n2CCC3)ccc1F. The molecule has 0 fully saturated rings. The number of aryl methyl sites for hydroxylation is 1. The molecule has 1 aromatic heterocycles. The normalized spacial score (nSPS) is 12.8. The van der Waals surface area contributed by atoms with Gasteiger partial charge in [-0.05, 0) is 37.1 Å². The molecule has 1 aliphatic heterocycles. The minimum Gasteiger partial charge on any atom is -0.339 e. The molecule has 0 aliphatic carbocycles.